The lowest BCUT2D eigenvalue weighted by atomic mass is 10.1. The van der Waals surface area contributed by atoms with E-state index in [2.05, 4.69) is 17.5 Å². The van der Waals surface area contributed by atoms with Gasteiger partial charge in [0.2, 0.25) is 0 Å². The molecule has 0 saturated heterocycles. The summed E-state index contributed by atoms with van der Waals surface area (Å²) in [6.45, 7) is 0. The van der Waals surface area contributed by atoms with Crippen LogP contribution >= 0.6 is 11.3 Å². The predicted octanol–water partition coefficient (Wildman–Crippen LogP) is 3.62. The summed E-state index contributed by atoms with van der Waals surface area (Å²) in [5, 5.41) is 3.42. The van der Waals surface area contributed by atoms with Crippen LogP contribution in [0.4, 0.5) is 0 Å². The summed E-state index contributed by atoms with van der Waals surface area (Å²) < 4.78 is 5.23. The molecule has 1 aliphatic rings. The van der Waals surface area contributed by atoms with Gasteiger partial charge in [-0.25, -0.2) is 4.98 Å². The summed E-state index contributed by atoms with van der Waals surface area (Å²) >= 11 is 1.77. The maximum absolute atomic E-state index is 5.23. The molecule has 3 heteroatoms. The van der Waals surface area contributed by atoms with Crippen molar-refractivity contribution in [1.29, 1.82) is 0 Å². The Morgan fingerprint density at radius 2 is 2.29 bits per heavy atom. The molecule has 3 rings (SSSR count). The van der Waals surface area contributed by atoms with Crippen molar-refractivity contribution < 1.29 is 4.74 Å². The van der Waals surface area contributed by atoms with Crippen molar-refractivity contribution in [1.82, 2.24) is 4.98 Å². The summed E-state index contributed by atoms with van der Waals surface area (Å²) in [6.07, 6.45) is 3.55. The Kier molecular flexibility index (Phi) is 2.85. The van der Waals surface area contributed by atoms with Crippen LogP contribution in [-0.4, -0.2) is 12.1 Å². The molecule has 17 heavy (non-hydrogen) atoms. The van der Waals surface area contributed by atoms with Gasteiger partial charge >= 0.3 is 0 Å². The van der Waals surface area contributed by atoms with E-state index < -0.39 is 0 Å². The molecule has 0 bridgehead atoms. The first kappa shape index (κ1) is 10.8. The van der Waals surface area contributed by atoms with Crippen LogP contribution in [-0.2, 0) is 6.42 Å². The van der Waals surface area contributed by atoms with Crippen LogP contribution in [0.15, 0.2) is 29.6 Å². The van der Waals surface area contributed by atoms with Crippen LogP contribution in [0, 0.1) is 0 Å². The van der Waals surface area contributed by atoms with E-state index in [9.17, 15) is 0 Å². The van der Waals surface area contributed by atoms with Gasteiger partial charge in [-0.2, -0.15) is 0 Å². The van der Waals surface area contributed by atoms with E-state index in [0.717, 1.165) is 18.1 Å². The molecule has 0 unspecified atom stereocenters. The minimum absolute atomic E-state index is 0.755. The van der Waals surface area contributed by atoms with Gasteiger partial charge in [0.15, 0.2) is 0 Å². The smallest absolute Gasteiger partial charge is 0.119 e. The van der Waals surface area contributed by atoms with Crippen molar-refractivity contribution in [3.05, 3.63) is 45.9 Å². The highest BCUT2D eigenvalue weighted by molar-refractivity contribution is 7.09. The molecule has 1 aliphatic carbocycles. The lowest BCUT2D eigenvalue weighted by Crippen LogP contribution is -1.90. The average molecular weight is 245 g/mol. The Labute approximate surface area is 105 Å². The molecule has 2 nitrogen and oxygen atoms in total. The minimum atomic E-state index is 0.755. The van der Waals surface area contributed by atoms with E-state index >= 15 is 0 Å². The third kappa shape index (κ3) is 2.50. The number of aromatic nitrogens is 1. The Bertz CT molecular complexity index is 516. The van der Waals surface area contributed by atoms with E-state index in [4.69, 9.17) is 9.72 Å². The Morgan fingerprint density at radius 1 is 1.41 bits per heavy atom. The highest BCUT2D eigenvalue weighted by Crippen LogP contribution is 2.40. The number of nitrogens with zero attached hydrogens (tertiary/aromatic N) is 1. The molecule has 0 spiro atoms. The minimum Gasteiger partial charge on any atom is -0.497 e. The monoisotopic (exact) mass is 245 g/mol. The fraction of sp³-hybridized carbons (Fsp3) is 0.357. The highest BCUT2D eigenvalue weighted by Gasteiger charge is 2.25. The first-order chi connectivity index (χ1) is 8.35. The molecule has 2 aromatic rings. The third-order valence-electron chi connectivity index (χ3n) is 3.05. The normalized spacial score (nSPS) is 14.9. The molecule has 0 aliphatic heterocycles. The van der Waals surface area contributed by atoms with E-state index in [1.165, 1.54) is 29.1 Å². The van der Waals surface area contributed by atoms with Crippen LogP contribution in [0.1, 0.15) is 35.0 Å². The topological polar surface area (TPSA) is 22.1 Å². The van der Waals surface area contributed by atoms with Crippen LogP contribution in [0.25, 0.3) is 0 Å². The maximum atomic E-state index is 5.23. The molecule has 1 fully saturated rings. The van der Waals surface area contributed by atoms with Crippen molar-refractivity contribution in [2.75, 3.05) is 7.11 Å². The van der Waals surface area contributed by atoms with Gasteiger partial charge in [0, 0.05) is 17.7 Å². The second-order valence-electron chi connectivity index (χ2n) is 4.47. The summed E-state index contributed by atoms with van der Waals surface area (Å²) in [7, 11) is 1.70. The van der Waals surface area contributed by atoms with Crippen LogP contribution in [0.5, 0.6) is 5.75 Å². The van der Waals surface area contributed by atoms with Gasteiger partial charge in [-0.3, -0.25) is 0 Å². The zero-order chi connectivity index (χ0) is 11.7. The molecular weight excluding hydrogens is 230 g/mol. The van der Waals surface area contributed by atoms with Crippen molar-refractivity contribution in [2.45, 2.75) is 25.2 Å². The summed E-state index contributed by atoms with van der Waals surface area (Å²) in [5.41, 5.74) is 2.56. The zero-order valence-corrected chi connectivity index (χ0v) is 10.7. The maximum Gasteiger partial charge on any atom is 0.119 e. The van der Waals surface area contributed by atoms with Crippen LogP contribution in [0.2, 0.25) is 0 Å². The Morgan fingerprint density at radius 3 is 3.06 bits per heavy atom. The van der Waals surface area contributed by atoms with E-state index in [-0.39, 0.29) is 0 Å². The first-order valence-corrected chi connectivity index (χ1v) is 6.80. The number of hydrogen-bond donors (Lipinski definition) is 0. The lowest BCUT2D eigenvalue weighted by molar-refractivity contribution is 0.414. The fourth-order valence-electron chi connectivity index (χ4n) is 1.93. The largest absolute Gasteiger partial charge is 0.497 e. The van der Waals surface area contributed by atoms with Crippen molar-refractivity contribution in [3.63, 3.8) is 0 Å². The van der Waals surface area contributed by atoms with E-state index in [1.807, 2.05) is 12.1 Å². The van der Waals surface area contributed by atoms with Gasteiger partial charge in [0.1, 0.15) is 5.75 Å². The van der Waals surface area contributed by atoms with Crippen LogP contribution < -0.4 is 4.74 Å². The summed E-state index contributed by atoms with van der Waals surface area (Å²) in [5.74, 6) is 1.67. The van der Waals surface area contributed by atoms with Gasteiger partial charge in [-0.15, -0.1) is 11.3 Å². The Balaban J connectivity index is 1.75. The van der Waals surface area contributed by atoms with Crippen molar-refractivity contribution in [3.8, 4) is 5.75 Å². The second-order valence-corrected chi connectivity index (χ2v) is 5.41. The van der Waals surface area contributed by atoms with Crippen molar-refractivity contribution >= 4 is 11.3 Å². The molecular formula is C14H15NOS. The number of thiazole rings is 1. The number of methoxy groups -OCH3 is 1. The zero-order valence-electron chi connectivity index (χ0n) is 9.85. The molecule has 1 aromatic carbocycles. The Hall–Kier alpha value is -1.35. The summed E-state index contributed by atoms with van der Waals surface area (Å²) in [4.78, 5) is 4.70. The van der Waals surface area contributed by atoms with Gasteiger partial charge in [-0.05, 0) is 30.5 Å². The number of rotatable bonds is 4. The number of ether oxygens (including phenoxy) is 1. The molecule has 0 N–H and O–H groups in total. The highest BCUT2D eigenvalue weighted by atomic mass is 32.1. The van der Waals surface area contributed by atoms with Gasteiger partial charge in [0.25, 0.3) is 0 Å². The molecule has 0 radical (unpaired) electrons. The summed E-state index contributed by atoms with van der Waals surface area (Å²) in [6, 6.07) is 8.21. The molecule has 88 valence electrons. The van der Waals surface area contributed by atoms with Gasteiger partial charge < -0.3 is 4.74 Å². The molecule has 1 aromatic heterocycles. The molecule has 0 amide bonds. The average Bonchev–Trinajstić information content (AvgIpc) is 3.11. The van der Waals surface area contributed by atoms with Crippen LogP contribution in [0.3, 0.4) is 0 Å². The second kappa shape index (κ2) is 4.49. The SMILES string of the molecule is COc1cccc(Cc2nc(C3CC3)cs2)c1. The fourth-order valence-corrected chi connectivity index (χ4v) is 2.84. The molecule has 1 heterocycles. The molecule has 0 atom stereocenters. The van der Waals surface area contributed by atoms with Crippen molar-refractivity contribution in [2.24, 2.45) is 0 Å². The number of hydrogen-bond acceptors (Lipinski definition) is 3. The molecule has 1 saturated carbocycles. The quantitative estimate of drug-likeness (QED) is 0.820. The standard InChI is InChI=1S/C14H15NOS/c1-16-12-4-2-3-10(7-12)8-14-15-13(9-17-14)11-5-6-11/h2-4,7,9,11H,5-6,8H2,1H3. The lowest BCUT2D eigenvalue weighted by Gasteiger charge is -2.02. The first-order valence-electron chi connectivity index (χ1n) is 5.92. The third-order valence-corrected chi connectivity index (χ3v) is 3.92. The predicted molar refractivity (Wildman–Crippen MR) is 69.9 cm³/mol. The van der Waals surface area contributed by atoms with Gasteiger partial charge in [-0.1, -0.05) is 12.1 Å². The van der Waals surface area contributed by atoms with E-state index in [0.29, 0.717) is 0 Å². The van der Waals surface area contributed by atoms with Gasteiger partial charge in [0.05, 0.1) is 17.8 Å². The van der Waals surface area contributed by atoms with E-state index in [1.54, 1.807) is 18.4 Å². The number of benzene rings is 1.